The van der Waals surface area contributed by atoms with Gasteiger partial charge in [-0.3, -0.25) is 0 Å². The molecule has 1 aliphatic heterocycles. The van der Waals surface area contributed by atoms with E-state index in [2.05, 4.69) is 22.2 Å². The second kappa shape index (κ2) is 6.35. The lowest BCUT2D eigenvalue weighted by Crippen LogP contribution is -2.37. The Bertz CT molecular complexity index is 467. The maximum absolute atomic E-state index is 13.9. The minimum absolute atomic E-state index is 0.107. The molecule has 0 aliphatic carbocycles. The van der Waals surface area contributed by atoms with E-state index in [4.69, 9.17) is 0 Å². The Morgan fingerprint density at radius 3 is 2.80 bits per heavy atom. The number of pyridine rings is 1. The highest BCUT2D eigenvalue weighted by molar-refractivity contribution is 5.49. The van der Waals surface area contributed by atoms with Gasteiger partial charge in [0.15, 0.2) is 23.3 Å². The van der Waals surface area contributed by atoms with Gasteiger partial charge < -0.3 is 15.1 Å². The highest BCUT2D eigenvalue weighted by Crippen LogP contribution is 2.23. The zero-order valence-corrected chi connectivity index (χ0v) is 12.3. The summed E-state index contributed by atoms with van der Waals surface area (Å²) in [5.74, 6) is -0.968. The van der Waals surface area contributed by atoms with E-state index in [0.717, 1.165) is 25.5 Å². The van der Waals surface area contributed by atoms with Crippen molar-refractivity contribution in [3.05, 3.63) is 17.7 Å². The first-order valence-electron chi connectivity index (χ1n) is 7.04. The number of aromatic nitrogens is 1. The van der Waals surface area contributed by atoms with Crippen molar-refractivity contribution in [2.45, 2.75) is 25.8 Å². The van der Waals surface area contributed by atoms with E-state index < -0.39 is 11.6 Å². The number of nitrogens with zero attached hydrogens (tertiary/aromatic N) is 3. The Morgan fingerprint density at radius 1 is 1.45 bits per heavy atom. The number of hydrogen-bond acceptors (Lipinski definition) is 4. The maximum atomic E-state index is 13.9. The van der Waals surface area contributed by atoms with E-state index in [1.807, 2.05) is 6.92 Å². The number of likely N-dealkylation sites (N-methyl/N-ethyl adjacent to an activating group) is 2. The Kier molecular flexibility index (Phi) is 4.75. The largest absolute Gasteiger partial charge is 0.368 e. The van der Waals surface area contributed by atoms with Crippen LogP contribution in [0, 0.1) is 11.6 Å². The minimum atomic E-state index is -0.653. The summed E-state index contributed by atoms with van der Waals surface area (Å²) in [4.78, 5) is 8.11. The third kappa shape index (κ3) is 3.17. The van der Waals surface area contributed by atoms with Gasteiger partial charge in [-0.15, -0.1) is 0 Å². The maximum Gasteiger partial charge on any atom is 0.168 e. The van der Waals surface area contributed by atoms with E-state index in [1.165, 1.54) is 0 Å². The fraction of sp³-hybridized carbons (Fsp3) is 0.643. The van der Waals surface area contributed by atoms with Crippen LogP contribution in [0.1, 0.15) is 19.8 Å². The lowest BCUT2D eigenvalue weighted by atomic mass is 10.2. The van der Waals surface area contributed by atoms with Gasteiger partial charge in [0.1, 0.15) is 0 Å². The molecule has 2 rings (SSSR count). The third-order valence-electron chi connectivity index (χ3n) is 3.77. The first kappa shape index (κ1) is 15.0. The van der Waals surface area contributed by atoms with Gasteiger partial charge >= 0.3 is 0 Å². The zero-order chi connectivity index (χ0) is 14.7. The van der Waals surface area contributed by atoms with Crippen LogP contribution in [0.2, 0.25) is 0 Å². The Morgan fingerprint density at radius 2 is 2.20 bits per heavy atom. The van der Waals surface area contributed by atoms with Gasteiger partial charge in [0, 0.05) is 32.2 Å². The zero-order valence-electron chi connectivity index (χ0n) is 12.3. The smallest absolute Gasteiger partial charge is 0.168 e. The molecule has 0 saturated carbocycles. The monoisotopic (exact) mass is 284 g/mol. The Balaban J connectivity index is 2.15. The SMILES string of the molecule is CCNc1nc(N(C)CC2CCCN2C)c(F)cc1F. The number of nitrogens with one attached hydrogen (secondary N) is 1. The molecule has 1 saturated heterocycles. The van der Waals surface area contributed by atoms with Crippen molar-refractivity contribution in [2.24, 2.45) is 0 Å². The highest BCUT2D eigenvalue weighted by atomic mass is 19.1. The molecule has 1 aromatic rings. The molecule has 4 nitrogen and oxygen atoms in total. The summed E-state index contributed by atoms with van der Waals surface area (Å²) in [5, 5.41) is 2.81. The molecule has 1 atom stereocenters. The van der Waals surface area contributed by atoms with E-state index >= 15 is 0 Å². The van der Waals surface area contributed by atoms with Crippen molar-refractivity contribution < 1.29 is 8.78 Å². The van der Waals surface area contributed by atoms with Crippen LogP contribution in [-0.4, -0.2) is 49.7 Å². The van der Waals surface area contributed by atoms with Crippen molar-refractivity contribution >= 4 is 11.6 Å². The number of likely N-dealkylation sites (tertiary alicyclic amines) is 1. The van der Waals surface area contributed by atoms with Gasteiger partial charge in [0.05, 0.1) is 0 Å². The summed E-state index contributed by atoms with van der Waals surface area (Å²) in [6.45, 7) is 4.16. The summed E-state index contributed by atoms with van der Waals surface area (Å²) in [6.07, 6.45) is 2.26. The average Bonchev–Trinajstić information content (AvgIpc) is 2.78. The molecule has 1 unspecified atom stereocenters. The molecule has 20 heavy (non-hydrogen) atoms. The van der Waals surface area contributed by atoms with Gasteiger partial charge in [0.2, 0.25) is 0 Å². The Labute approximate surface area is 118 Å². The predicted molar refractivity (Wildman–Crippen MR) is 77.2 cm³/mol. The topological polar surface area (TPSA) is 31.4 Å². The van der Waals surface area contributed by atoms with E-state index in [1.54, 1.807) is 11.9 Å². The fourth-order valence-corrected chi connectivity index (χ4v) is 2.63. The molecular weight excluding hydrogens is 262 g/mol. The van der Waals surface area contributed by atoms with Gasteiger partial charge in [-0.05, 0) is 33.4 Å². The molecule has 1 aliphatic rings. The molecular formula is C14H22F2N4. The van der Waals surface area contributed by atoms with Crippen LogP contribution >= 0.6 is 0 Å². The number of anilines is 2. The Hall–Kier alpha value is -1.43. The van der Waals surface area contributed by atoms with Crippen molar-refractivity contribution in [1.29, 1.82) is 0 Å². The van der Waals surface area contributed by atoms with E-state index in [9.17, 15) is 8.78 Å². The molecule has 0 amide bonds. The fourth-order valence-electron chi connectivity index (χ4n) is 2.63. The van der Waals surface area contributed by atoms with E-state index in [-0.39, 0.29) is 11.6 Å². The van der Waals surface area contributed by atoms with Gasteiger partial charge in [-0.1, -0.05) is 0 Å². The van der Waals surface area contributed by atoms with Crippen LogP contribution in [0.25, 0.3) is 0 Å². The number of hydrogen-bond donors (Lipinski definition) is 1. The number of halogens is 2. The van der Waals surface area contributed by atoms with Gasteiger partial charge in [-0.2, -0.15) is 0 Å². The molecule has 0 radical (unpaired) electrons. The molecule has 0 aromatic carbocycles. The first-order chi connectivity index (χ1) is 9.52. The average molecular weight is 284 g/mol. The second-order valence-corrected chi connectivity index (χ2v) is 5.31. The van der Waals surface area contributed by atoms with Crippen LogP contribution in [0.5, 0.6) is 0 Å². The second-order valence-electron chi connectivity index (χ2n) is 5.31. The molecule has 1 N–H and O–H groups in total. The van der Waals surface area contributed by atoms with Gasteiger partial charge in [0.25, 0.3) is 0 Å². The molecule has 0 spiro atoms. The van der Waals surface area contributed by atoms with Crippen molar-refractivity contribution in [2.75, 3.05) is 43.9 Å². The predicted octanol–water partition coefficient (Wildman–Crippen LogP) is 2.32. The standard InChI is InChI=1S/C14H22F2N4/c1-4-17-13-11(15)8-12(16)14(18-13)20(3)9-10-6-5-7-19(10)2/h8,10H,4-7,9H2,1-3H3,(H,17,18). The van der Waals surface area contributed by atoms with Crippen molar-refractivity contribution in [3.63, 3.8) is 0 Å². The summed E-state index contributed by atoms with van der Waals surface area (Å²) < 4.78 is 27.5. The molecule has 1 aromatic heterocycles. The molecule has 2 heterocycles. The number of rotatable bonds is 5. The quantitative estimate of drug-likeness (QED) is 0.899. The van der Waals surface area contributed by atoms with Crippen LogP contribution in [0.3, 0.4) is 0 Å². The summed E-state index contributed by atoms with van der Waals surface area (Å²) in [6, 6.07) is 1.30. The summed E-state index contributed by atoms with van der Waals surface area (Å²) >= 11 is 0. The molecule has 1 fully saturated rings. The minimum Gasteiger partial charge on any atom is -0.368 e. The highest BCUT2D eigenvalue weighted by Gasteiger charge is 2.24. The van der Waals surface area contributed by atoms with Crippen LogP contribution < -0.4 is 10.2 Å². The first-order valence-corrected chi connectivity index (χ1v) is 7.04. The molecule has 112 valence electrons. The molecule has 6 heteroatoms. The third-order valence-corrected chi connectivity index (χ3v) is 3.77. The van der Waals surface area contributed by atoms with Crippen molar-refractivity contribution in [1.82, 2.24) is 9.88 Å². The van der Waals surface area contributed by atoms with Crippen LogP contribution in [0.4, 0.5) is 20.4 Å². The van der Waals surface area contributed by atoms with Gasteiger partial charge in [-0.25, -0.2) is 13.8 Å². The van der Waals surface area contributed by atoms with Crippen LogP contribution in [-0.2, 0) is 0 Å². The molecule has 0 bridgehead atoms. The normalized spacial score (nSPS) is 19.4. The van der Waals surface area contributed by atoms with Crippen molar-refractivity contribution in [3.8, 4) is 0 Å². The summed E-state index contributed by atoms with van der Waals surface area (Å²) in [7, 11) is 3.87. The lowest BCUT2D eigenvalue weighted by Gasteiger charge is -2.27. The lowest BCUT2D eigenvalue weighted by molar-refractivity contribution is 0.313. The summed E-state index contributed by atoms with van der Waals surface area (Å²) in [5.41, 5.74) is 0. The van der Waals surface area contributed by atoms with E-state index in [0.29, 0.717) is 19.1 Å². The van der Waals surface area contributed by atoms with Crippen LogP contribution in [0.15, 0.2) is 6.07 Å².